The summed E-state index contributed by atoms with van der Waals surface area (Å²) in [6.45, 7) is 3.01. The zero-order valence-corrected chi connectivity index (χ0v) is 21.6. The van der Waals surface area contributed by atoms with E-state index < -0.39 is 6.04 Å². The van der Waals surface area contributed by atoms with Crippen LogP contribution in [0.15, 0.2) is 75.9 Å². The molecule has 37 heavy (non-hydrogen) atoms. The van der Waals surface area contributed by atoms with Gasteiger partial charge in [0.1, 0.15) is 5.58 Å². The molecule has 190 valence electrons. The molecule has 0 bridgehead atoms. The average Bonchev–Trinajstić information content (AvgIpc) is 3.19. The van der Waals surface area contributed by atoms with Gasteiger partial charge in [-0.25, -0.2) is 0 Å². The Balaban J connectivity index is 1.60. The number of ether oxygens (including phenoxy) is 2. The maximum atomic E-state index is 13.7. The molecular formula is C30H28ClNO5. The number of para-hydroxylation sites is 1. The highest BCUT2D eigenvalue weighted by molar-refractivity contribution is 6.30. The van der Waals surface area contributed by atoms with Crippen molar-refractivity contribution in [3.05, 3.63) is 104 Å². The number of nitrogens with zero attached hydrogens (tertiary/aromatic N) is 1. The minimum absolute atomic E-state index is 0.0709. The average molecular weight is 518 g/mol. The minimum atomic E-state index is -0.651. The number of hydrogen-bond donors (Lipinski definition) is 0. The Morgan fingerprint density at radius 1 is 0.973 bits per heavy atom. The zero-order valence-electron chi connectivity index (χ0n) is 20.8. The van der Waals surface area contributed by atoms with Crippen LogP contribution in [0.4, 0.5) is 0 Å². The van der Waals surface area contributed by atoms with Gasteiger partial charge in [-0.1, -0.05) is 61.7 Å². The van der Waals surface area contributed by atoms with Crippen LogP contribution in [0.25, 0.3) is 11.0 Å². The fraction of sp³-hybridized carbons (Fsp3) is 0.267. The van der Waals surface area contributed by atoms with Gasteiger partial charge in [-0.3, -0.25) is 9.59 Å². The summed E-state index contributed by atoms with van der Waals surface area (Å²) in [4.78, 5) is 29.0. The third-order valence-electron chi connectivity index (χ3n) is 6.65. The monoisotopic (exact) mass is 517 g/mol. The third-order valence-corrected chi connectivity index (χ3v) is 6.90. The summed E-state index contributed by atoms with van der Waals surface area (Å²) in [6.07, 6.45) is 3.15. The van der Waals surface area contributed by atoms with Crippen LogP contribution < -0.4 is 14.9 Å². The molecule has 3 aromatic carbocycles. The van der Waals surface area contributed by atoms with Crippen molar-refractivity contribution >= 4 is 28.5 Å². The van der Waals surface area contributed by atoms with Crippen molar-refractivity contribution in [2.45, 2.75) is 38.8 Å². The van der Waals surface area contributed by atoms with E-state index in [1.807, 2.05) is 30.3 Å². The lowest BCUT2D eigenvalue weighted by Gasteiger charge is -2.26. The van der Waals surface area contributed by atoms with E-state index in [0.717, 1.165) is 30.4 Å². The summed E-state index contributed by atoms with van der Waals surface area (Å²) in [5.41, 5.74) is 2.13. The molecule has 0 radical (unpaired) electrons. The van der Waals surface area contributed by atoms with Crippen LogP contribution in [0.5, 0.6) is 11.5 Å². The first-order chi connectivity index (χ1) is 18.0. The highest BCUT2D eigenvalue weighted by atomic mass is 35.5. The van der Waals surface area contributed by atoms with Gasteiger partial charge in [0.25, 0.3) is 5.91 Å². The molecule has 0 aliphatic carbocycles. The molecule has 1 atom stereocenters. The van der Waals surface area contributed by atoms with Gasteiger partial charge in [0.15, 0.2) is 16.9 Å². The molecule has 0 saturated carbocycles. The summed E-state index contributed by atoms with van der Waals surface area (Å²) in [5, 5.41) is 1.05. The number of hydrogen-bond acceptors (Lipinski definition) is 5. The number of rotatable bonds is 9. The van der Waals surface area contributed by atoms with Crippen molar-refractivity contribution in [3.63, 3.8) is 0 Å². The predicted octanol–water partition coefficient (Wildman–Crippen LogP) is 6.77. The van der Waals surface area contributed by atoms with Gasteiger partial charge in [0, 0.05) is 11.6 Å². The molecule has 0 fully saturated rings. The molecule has 0 N–H and O–H groups in total. The van der Waals surface area contributed by atoms with Crippen molar-refractivity contribution in [1.82, 2.24) is 4.90 Å². The number of unbranched alkanes of at least 4 members (excludes halogenated alkanes) is 2. The maximum Gasteiger partial charge on any atom is 0.291 e. The topological polar surface area (TPSA) is 69.0 Å². The predicted molar refractivity (Wildman–Crippen MR) is 144 cm³/mol. The van der Waals surface area contributed by atoms with Crippen LogP contribution in [0.1, 0.15) is 59.5 Å². The minimum Gasteiger partial charge on any atom is -0.493 e. The number of carbonyl (C=O) groups excluding carboxylic acids is 1. The number of fused-ring (bicyclic) bond motifs is 2. The lowest BCUT2D eigenvalue weighted by atomic mass is 9.97. The summed E-state index contributed by atoms with van der Waals surface area (Å²) in [6, 6.07) is 19.2. The van der Waals surface area contributed by atoms with E-state index in [1.54, 1.807) is 48.4 Å². The van der Waals surface area contributed by atoms with E-state index in [-0.39, 0.29) is 23.6 Å². The van der Waals surface area contributed by atoms with Crippen LogP contribution >= 0.6 is 11.6 Å². The molecule has 1 aliphatic heterocycles. The molecular weight excluding hydrogens is 490 g/mol. The van der Waals surface area contributed by atoms with E-state index >= 15 is 0 Å². The number of methoxy groups -OCH3 is 1. The van der Waals surface area contributed by atoms with Gasteiger partial charge in [-0.2, -0.15) is 0 Å². The third kappa shape index (κ3) is 4.81. The van der Waals surface area contributed by atoms with E-state index in [9.17, 15) is 9.59 Å². The fourth-order valence-corrected chi connectivity index (χ4v) is 4.90. The van der Waals surface area contributed by atoms with Gasteiger partial charge in [0.05, 0.1) is 30.7 Å². The normalized spacial score (nSPS) is 14.7. The van der Waals surface area contributed by atoms with Crippen molar-refractivity contribution in [2.75, 3.05) is 13.7 Å². The van der Waals surface area contributed by atoms with Gasteiger partial charge in [-0.15, -0.1) is 0 Å². The van der Waals surface area contributed by atoms with Crippen molar-refractivity contribution < 1.29 is 18.7 Å². The number of carbonyl (C=O) groups is 1. The molecule has 4 aromatic rings. The van der Waals surface area contributed by atoms with Gasteiger partial charge in [0.2, 0.25) is 5.76 Å². The van der Waals surface area contributed by atoms with Gasteiger partial charge in [-0.05, 0) is 53.9 Å². The van der Waals surface area contributed by atoms with Crippen molar-refractivity contribution in [3.8, 4) is 11.5 Å². The summed E-state index contributed by atoms with van der Waals surface area (Å²) in [7, 11) is 1.58. The summed E-state index contributed by atoms with van der Waals surface area (Å²) >= 11 is 6.07. The molecule has 1 aromatic heterocycles. The SMILES string of the molecule is CCCCCOc1ccc(C2c3c(oc4ccccc4c3=O)C(=O)N2Cc2ccc(Cl)cc2)cc1OC. The highest BCUT2D eigenvalue weighted by Crippen LogP contribution is 2.41. The highest BCUT2D eigenvalue weighted by Gasteiger charge is 2.43. The molecule has 1 aliphatic rings. The quantitative estimate of drug-likeness (QED) is 0.229. The van der Waals surface area contributed by atoms with Crippen LogP contribution in [0.2, 0.25) is 5.02 Å². The molecule has 0 saturated heterocycles. The Hall–Kier alpha value is -3.77. The fourth-order valence-electron chi connectivity index (χ4n) is 4.77. The Labute approximate surface area is 220 Å². The number of amides is 1. The molecule has 6 nitrogen and oxygen atoms in total. The Morgan fingerprint density at radius 2 is 1.76 bits per heavy atom. The van der Waals surface area contributed by atoms with E-state index in [2.05, 4.69) is 6.92 Å². The first-order valence-corrected chi connectivity index (χ1v) is 12.8. The molecule has 0 spiro atoms. The maximum absolute atomic E-state index is 13.7. The molecule has 1 unspecified atom stereocenters. The second-order valence-corrected chi connectivity index (χ2v) is 9.53. The van der Waals surface area contributed by atoms with E-state index in [4.69, 9.17) is 25.5 Å². The Morgan fingerprint density at radius 3 is 2.51 bits per heavy atom. The first-order valence-electron chi connectivity index (χ1n) is 12.4. The first kappa shape index (κ1) is 24.9. The van der Waals surface area contributed by atoms with Crippen molar-refractivity contribution in [2.24, 2.45) is 0 Å². The van der Waals surface area contributed by atoms with Gasteiger partial charge >= 0.3 is 0 Å². The lowest BCUT2D eigenvalue weighted by molar-refractivity contribution is 0.0714. The number of halogens is 1. The molecule has 5 rings (SSSR count). The van der Waals surface area contributed by atoms with Crippen molar-refractivity contribution in [1.29, 1.82) is 0 Å². The summed E-state index contributed by atoms with van der Waals surface area (Å²) < 4.78 is 17.6. The Kier molecular flexibility index (Phi) is 7.19. The molecule has 1 amide bonds. The van der Waals surface area contributed by atoms with Crippen LogP contribution in [0.3, 0.4) is 0 Å². The standard InChI is InChI=1S/C30H28ClNO5/c1-3-4-7-16-36-24-15-12-20(17-25(24)35-2)27-26-28(33)22-8-5-6-9-23(22)37-29(26)30(34)32(27)18-19-10-13-21(31)14-11-19/h5-6,8-15,17,27H,3-4,7,16,18H2,1-2H3. The smallest absolute Gasteiger partial charge is 0.291 e. The molecule has 7 heteroatoms. The van der Waals surface area contributed by atoms with Crippen LogP contribution in [-0.2, 0) is 6.54 Å². The Bertz CT molecular complexity index is 1490. The lowest BCUT2D eigenvalue weighted by Crippen LogP contribution is -2.29. The zero-order chi connectivity index (χ0) is 25.9. The van der Waals surface area contributed by atoms with Gasteiger partial charge < -0.3 is 18.8 Å². The molecule has 2 heterocycles. The van der Waals surface area contributed by atoms with E-state index in [1.165, 1.54) is 0 Å². The van der Waals surface area contributed by atoms with Crippen LogP contribution in [0, 0.1) is 0 Å². The van der Waals surface area contributed by atoms with E-state index in [0.29, 0.717) is 39.7 Å². The second-order valence-electron chi connectivity index (χ2n) is 9.10. The van der Waals surface area contributed by atoms with Crippen LogP contribution in [-0.4, -0.2) is 24.5 Å². The second kappa shape index (κ2) is 10.7. The summed E-state index contributed by atoms with van der Waals surface area (Å²) in [5.74, 6) is 0.909. The largest absolute Gasteiger partial charge is 0.493 e. The number of benzene rings is 3.